The van der Waals surface area contributed by atoms with Crippen molar-refractivity contribution in [3.05, 3.63) is 95.6 Å². The zero-order valence-corrected chi connectivity index (χ0v) is 31.7. The third-order valence-corrected chi connectivity index (χ3v) is 11.2. The molecule has 5 amide bonds. The first-order valence-electron chi connectivity index (χ1n) is 18.6. The highest BCUT2D eigenvalue weighted by molar-refractivity contribution is 7.50. The standard InChI is InChI=1S/C40H48N5O10P/c41-34(46)22-33-38(51)43-32(37(50)42-23-28-11-8-10-26-9-2-3-12-29(26)28)14-5-4-13-30(27-17-15-25(16-18-27)24-56(53,54)55)31(21-35(47)48)36(49)45-40(39(52)44-33)19-6-1-7-20-40/h2-5,8-12,15-18,30-33H,1,6-7,13-14,19-24H2,(H2,41,46)(H,42,50)(H,43,51)(H,44,52)(H,45,49)(H,47,48)(H2,53,54,55)/b5-4-/t30?,31-,32-,33-/m0/s1. The van der Waals surface area contributed by atoms with E-state index in [9.17, 15) is 48.2 Å². The minimum atomic E-state index is -4.39. The lowest BCUT2D eigenvalue weighted by molar-refractivity contribution is -0.144. The van der Waals surface area contributed by atoms with E-state index in [1.54, 1.807) is 24.3 Å². The first-order valence-corrected chi connectivity index (χ1v) is 20.4. The molecule has 2 aliphatic rings. The van der Waals surface area contributed by atoms with Crippen molar-refractivity contribution in [3.8, 4) is 0 Å². The van der Waals surface area contributed by atoms with E-state index in [1.807, 2.05) is 42.5 Å². The molecule has 4 atom stereocenters. The maximum atomic E-state index is 14.3. The number of carboxylic acids is 1. The summed E-state index contributed by atoms with van der Waals surface area (Å²) in [6, 6.07) is 16.9. The molecule has 1 aliphatic heterocycles. The Hall–Kier alpha value is -5.37. The Bertz CT molecular complexity index is 2020. The summed E-state index contributed by atoms with van der Waals surface area (Å²) in [5, 5.41) is 23.0. The highest BCUT2D eigenvalue weighted by atomic mass is 31.2. The molecule has 0 radical (unpaired) electrons. The van der Waals surface area contributed by atoms with Crippen LogP contribution in [0, 0.1) is 5.92 Å². The lowest BCUT2D eigenvalue weighted by atomic mass is 9.77. The van der Waals surface area contributed by atoms with Crippen molar-refractivity contribution >= 4 is 53.9 Å². The van der Waals surface area contributed by atoms with Gasteiger partial charge in [0.05, 0.1) is 24.9 Å². The summed E-state index contributed by atoms with van der Waals surface area (Å²) in [7, 11) is -4.39. The predicted molar refractivity (Wildman–Crippen MR) is 206 cm³/mol. The van der Waals surface area contributed by atoms with Gasteiger partial charge >= 0.3 is 13.6 Å². The third-order valence-electron chi connectivity index (χ3n) is 10.4. The molecular weight excluding hydrogens is 741 g/mol. The van der Waals surface area contributed by atoms with Gasteiger partial charge in [0, 0.05) is 6.54 Å². The second-order valence-electron chi connectivity index (χ2n) is 14.6. The normalized spacial score (nSPS) is 22.8. The van der Waals surface area contributed by atoms with Crippen LogP contribution in [0.4, 0.5) is 0 Å². The second-order valence-corrected chi connectivity index (χ2v) is 16.2. The van der Waals surface area contributed by atoms with Crippen LogP contribution in [0.3, 0.4) is 0 Å². The molecule has 5 rings (SSSR count). The number of hydrogen-bond acceptors (Lipinski definition) is 7. The minimum Gasteiger partial charge on any atom is -0.481 e. The number of nitrogens with one attached hydrogen (secondary N) is 4. The van der Waals surface area contributed by atoms with E-state index in [0.29, 0.717) is 24.0 Å². The van der Waals surface area contributed by atoms with Crippen molar-refractivity contribution in [2.75, 3.05) is 0 Å². The fourth-order valence-electron chi connectivity index (χ4n) is 7.58. The maximum absolute atomic E-state index is 14.3. The first-order chi connectivity index (χ1) is 26.6. The van der Waals surface area contributed by atoms with Crippen LogP contribution in [0.1, 0.15) is 80.4 Å². The van der Waals surface area contributed by atoms with Crippen molar-refractivity contribution in [2.45, 2.75) is 94.0 Å². The molecular formula is C40H48N5O10P. The number of fused-ring (bicyclic) bond motifs is 1. The van der Waals surface area contributed by atoms with Gasteiger partial charge in [-0.05, 0) is 59.1 Å². The smallest absolute Gasteiger partial charge is 0.329 e. The van der Waals surface area contributed by atoms with Crippen LogP contribution in [-0.4, -0.2) is 68.0 Å². The number of allylic oxidation sites excluding steroid dienone is 1. The molecule has 0 aromatic heterocycles. The molecule has 1 saturated carbocycles. The van der Waals surface area contributed by atoms with E-state index >= 15 is 0 Å². The molecule has 298 valence electrons. The quantitative estimate of drug-likeness (QED) is 0.110. The lowest BCUT2D eigenvalue weighted by Gasteiger charge is -2.39. The third kappa shape index (κ3) is 11.1. The van der Waals surface area contributed by atoms with E-state index in [4.69, 9.17) is 5.73 Å². The minimum absolute atomic E-state index is 0.0575. The first kappa shape index (κ1) is 41.8. The van der Waals surface area contributed by atoms with Crippen LogP contribution < -0.4 is 27.0 Å². The van der Waals surface area contributed by atoms with Gasteiger partial charge in [-0.25, -0.2) is 0 Å². The summed E-state index contributed by atoms with van der Waals surface area (Å²) in [5.74, 6) is -7.01. The molecule has 56 heavy (non-hydrogen) atoms. The number of carbonyl (C=O) groups is 6. The fourth-order valence-corrected chi connectivity index (χ4v) is 8.26. The zero-order valence-electron chi connectivity index (χ0n) is 30.8. The summed E-state index contributed by atoms with van der Waals surface area (Å²) >= 11 is 0. The molecule has 0 saturated heterocycles. The van der Waals surface area contributed by atoms with Gasteiger partial charge in [0.15, 0.2) is 0 Å². The highest BCUT2D eigenvalue weighted by Gasteiger charge is 2.45. The Morgan fingerprint density at radius 3 is 2.20 bits per heavy atom. The lowest BCUT2D eigenvalue weighted by Crippen LogP contribution is -2.64. The summed E-state index contributed by atoms with van der Waals surface area (Å²) in [4.78, 5) is 99.6. The summed E-state index contributed by atoms with van der Waals surface area (Å²) in [5.41, 5.74) is 5.64. The molecule has 3 aromatic rings. The Kier molecular flexibility index (Phi) is 13.8. The van der Waals surface area contributed by atoms with Crippen molar-refractivity contribution in [3.63, 3.8) is 0 Å². The molecule has 1 spiro atoms. The van der Waals surface area contributed by atoms with Crippen LogP contribution >= 0.6 is 7.60 Å². The van der Waals surface area contributed by atoms with E-state index in [2.05, 4.69) is 21.3 Å². The van der Waals surface area contributed by atoms with Gasteiger partial charge in [-0.15, -0.1) is 0 Å². The van der Waals surface area contributed by atoms with E-state index in [1.165, 1.54) is 12.1 Å². The van der Waals surface area contributed by atoms with Gasteiger partial charge in [0.1, 0.15) is 17.6 Å². The Morgan fingerprint density at radius 1 is 0.839 bits per heavy atom. The Morgan fingerprint density at radius 2 is 1.52 bits per heavy atom. The van der Waals surface area contributed by atoms with Crippen LogP contribution in [0.2, 0.25) is 0 Å². The number of nitrogens with two attached hydrogens (primary N) is 1. The maximum Gasteiger partial charge on any atom is 0.329 e. The van der Waals surface area contributed by atoms with Crippen LogP contribution in [0.15, 0.2) is 78.9 Å². The number of primary amides is 1. The van der Waals surface area contributed by atoms with Crippen molar-refractivity contribution in [2.24, 2.45) is 11.7 Å². The van der Waals surface area contributed by atoms with Crippen molar-refractivity contribution < 1.29 is 48.2 Å². The molecule has 0 bridgehead atoms. The number of rotatable bonds is 10. The van der Waals surface area contributed by atoms with Crippen LogP contribution in [0.5, 0.6) is 0 Å². The topological polar surface area (TPSA) is 254 Å². The second kappa shape index (κ2) is 18.5. The average Bonchev–Trinajstić information content (AvgIpc) is 3.15. The summed E-state index contributed by atoms with van der Waals surface area (Å²) in [6.45, 7) is 0.130. The number of carbonyl (C=O) groups excluding carboxylic acids is 5. The van der Waals surface area contributed by atoms with Crippen LogP contribution in [-0.2, 0) is 46.0 Å². The molecule has 16 heteroatoms. The predicted octanol–water partition coefficient (Wildman–Crippen LogP) is 3.02. The zero-order chi connectivity index (χ0) is 40.5. The molecule has 1 unspecified atom stereocenters. The van der Waals surface area contributed by atoms with Gasteiger partial charge in [0.25, 0.3) is 0 Å². The number of benzene rings is 3. The largest absolute Gasteiger partial charge is 0.481 e. The van der Waals surface area contributed by atoms with E-state index < -0.39 is 91.6 Å². The Labute approximate surface area is 324 Å². The average molecular weight is 790 g/mol. The van der Waals surface area contributed by atoms with E-state index in [0.717, 1.165) is 22.8 Å². The molecule has 1 fully saturated rings. The molecule has 9 N–H and O–H groups in total. The number of hydrogen-bond donors (Lipinski definition) is 8. The highest BCUT2D eigenvalue weighted by Crippen LogP contribution is 2.40. The monoisotopic (exact) mass is 789 g/mol. The molecule has 3 aromatic carbocycles. The summed E-state index contributed by atoms with van der Waals surface area (Å²) < 4.78 is 11.7. The van der Waals surface area contributed by atoms with Crippen molar-refractivity contribution in [1.29, 1.82) is 0 Å². The SMILES string of the molecule is NC(=O)C[C@@H]1NC(=O)C2(CCCCC2)NC(=O)[C@@H](CC(=O)O)C(c2ccc(CP(=O)(O)O)cc2)C/C=C\C[C@@H](C(=O)NCc2cccc3ccccc23)NC1=O. The summed E-state index contributed by atoms with van der Waals surface area (Å²) in [6.07, 6.45) is 3.80. The number of aliphatic carboxylic acids is 1. The van der Waals surface area contributed by atoms with E-state index in [-0.39, 0.29) is 32.2 Å². The molecule has 1 aliphatic carbocycles. The van der Waals surface area contributed by atoms with Gasteiger partial charge in [-0.2, -0.15) is 0 Å². The van der Waals surface area contributed by atoms with Gasteiger partial charge in [-0.1, -0.05) is 98.1 Å². The van der Waals surface area contributed by atoms with Gasteiger partial charge in [0.2, 0.25) is 29.5 Å². The Balaban J connectivity index is 1.52. The molecule has 15 nitrogen and oxygen atoms in total. The van der Waals surface area contributed by atoms with Crippen LogP contribution in [0.25, 0.3) is 10.8 Å². The van der Waals surface area contributed by atoms with Crippen molar-refractivity contribution in [1.82, 2.24) is 21.3 Å². The number of carboxylic acid groups (broad SMARTS) is 1. The van der Waals surface area contributed by atoms with Gasteiger partial charge in [-0.3, -0.25) is 33.3 Å². The van der Waals surface area contributed by atoms with Gasteiger partial charge < -0.3 is 41.9 Å². The number of amides is 5. The fraction of sp³-hybridized carbons (Fsp3) is 0.400. The molecule has 1 heterocycles.